The van der Waals surface area contributed by atoms with Crippen molar-refractivity contribution in [2.24, 2.45) is 5.73 Å². The fraction of sp³-hybridized carbons (Fsp3) is 0.800. The Labute approximate surface area is 95.7 Å². The number of rotatable bonds is 8. The van der Waals surface area contributed by atoms with Gasteiger partial charge in [-0.05, 0) is 13.8 Å². The van der Waals surface area contributed by atoms with Gasteiger partial charge in [-0.15, -0.1) is 5.10 Å². The standard InChI is InChI=1S/C10H20N4O2/c1-9(2)16-6-5-15-4-3-14-8-10(7-11)12-13-14/h8-9H,3-7,11H2,1-2H3. The van der Waals surface area contributed by atoms with E-state index in [2.05, 4.69) is 10.3 Å². The molecule has 1 aromatic rings. The topological polar surface area (TPSA) is 75.2 Å². The van der Waals surface area contributed by atoms with Gasteiger partial charge in [-0.2, -0.15) is 0 Å². The zero-order valence-corrected chi connectivity index (χ0v) is 9.93. The molecule has 0 aliphatic rings. The highest BCUT2D eigenvalue weighted by Crippen LogP contribution is 1.92. The zero-order chi connectivity index (χ0) is 11.8. The average molecular weight is 228 g/mol. The fourth-order valence-corrected chi connectivity index (χ4v) is 1.14. The predicted octanol–water partition coefficient (Wildman–Crippen LogP) is 0.178. The Morgan fingerprint density at radius 2 is 2.19 bits per heavy atom. The molecule has 6 heteroatoms. The van der Waals surface area contributed by atoms with Crippen LogP contribution in [-0.2, 0) is 22.6 Å². The van der Waals surface area contributed by atoms with Gasteiger partial charge in [0, 0.05) is 12.7 Å². The van der Waals surface area contributed by atoms with Crippen molar-refractivity contribution in [3.63, 3.8) is 0 Å². The van der Waals surface area contributed by atoms with Crippen LogP contribution in [0.1, 0.15) is 19.5 Å². The molecule has 0 radical (unpaired) electrons. The molecule has 0 saturated heterocycles. The van der Waals surface area contributed by atoms with E-state index >= 15 is 0 Å². The van der Waals surface area contributed by atoms with Crippen molar-refractivity contribution in [3.05, 3.63) is 11.9 Å². The summed E-state index contributed by atoms with van der Waals surface area (Å²) >= 11 is 0. The van der Waals surface area contributed by atoms with Crippen LogP contribution in [0.4, 0.5) is 0 Å². The smallest absolute Gasteiger partial charge is 0.0962 e. The van der Waals surface area contributed by atoms with Crippen LogP contribution in [0.2, 0.25) is 0 Å². The maximum Gasteiger partial charge on any atom is 0.0962 e. The van der Waals surface area contributed by atoms with Gasteiger partial charge < -0.3 is 15.2 Å². The van der Waals surface area contributed by atoms with Crippen molar-refractivity contribution in [1.82, 2.24) is 15.0 Å². The number of hydrogen-bond donors (Lipinski definition) is 1. The molecule has 2 N–H and O–H groups in total. The van der Waals surface area contributed by atoms with Crippen molar-refractivity contribution in [3.8, 4) is 0 Å². The minimum atomic E-state index is 0.256. The highest BCUT2D eigenvalue weighted by Gasteiger charge is 1.98. The van der Waals surface area contributed by atoms with Crippen LogP contribution < -0.4 is 5.73 Å². The highest BCUT2D eigenvalue weighted by atomic mass is 16.5. The Morgan fingerprint density at radius 1 is 1.38 bits per heavy atom. The first-order valence-electron chi connectivity index (χ1n) is 5.50. The second-order valence-corrected chi connectivity index (χ2v) is 3.71. The summed E-state index contributed by atoms with van der Waals surface area (Å²) in [4.78, 5) is 0. The largest absolute Gasteiger partial charge is 0.377 e. The van der Waals surface area contributed by atoms with Crippen LogP contribution in [-0.4, -0.2) is 40.9 Å². The monoisotopic (exact) mass is 228 g/mol. The van der Waals surface area contributed by atoms with E-state index < -0.39 is 0 Å². The number of nitrogens with two attached hydrogens (primary N) is 1. The van der Waals surface area contributed by atoms with Crippen molar-refractivity contribution >= 4 is 0 Å². The lowest BCUT2D eigenvalue weighted by Gasteiger charge is -2.07. The Kier molecular flexibility index (Phi) is 5.99. The summed E-state index contributed by atoms with van der Waals surface area (Å²) in [6.45, 7) is 6.96. The van der Waals surface area contributed by atoms with Gasteiger partial charge in [-0.3, -0.25) is 0 Å². The van der Waals surface area contributed by atoms with Crippen molar-refractivity contribution in [2.45, 2.75) is 33.0 Å². The highest BCUT2D eigenvalue weighted by molar-refractivity contribution is 4.90. The molecule has 0 aliphatic heterocycles. The van der Waals surface area contributed by atoms with E-state index in [9.17, 15) is 0 Å². The van der Waals surface area contributed by atoms with Crippen LogP contribution in [0.3, 0.4) is 0 Å². The molecule has 0 amide bonds. The second-order valence-electron chi connectivity index (χ2n) is 3.71. The normalized spacial score (nSPS) is 11.2. The molecule has 0 fully saturated rings. The van der Waals surface area contributed by atoms with Gasteiger partial charge in [0.2, 0.25) is 0 Å². The number of ether oxygens (including phenoxy) is 2. The average Bonchev–Trinajstić information content (AvgIpc) is 2.70. The lowest BCUT2D eigenvalue weighted by Crippen LogP contribution is -2.12. The first kappa shape index (κ1) is 13.1. The molecule has 1 rings (SSSR count). The molecule has 92 valence electrons. The van der Waals surface area contributed by atoms with Crippen LogP contribution in [0.15, 0.2) is 6.20 Å². The number of nitrogens with zero attached hydrogens (tertiary/aromatic N) is 3. The molecule has 0 bridgehead atoms. The minimum Gasteiger partial charge on any atom is -0.377 e. The fourth-order valence-electron chi connectivity index (χ4n) is 1.14. The maximum atomic E-state index is 5.42. The van der Waals surface area contributed by atoms with Gasteiger partial charge in [0.05, 0.1) is 38.2 Å². The van der Waals surface area contributed by atoms with Crippen LogP contribution in [0, 0.1) is 0 Å². The van der Waals surface area contributed by atoms with Gasteiger partial charge >= 0.3 is 0 Å². The van der Waals surface area contributed by atoms with E-state index in [1.807, 2.05) is 20.0 Å². The van der Waals surface area contributed by atoms with Crippen molar-refractivity contribution in [1.29, 1.82) is 0 Å². The van der Waals surface area contributed by atoms with E-state index in [1.165, 1.54) is 0 Å². The third-order valence-electron chi connectivity index (χ3n) is 1.94. The van der Waals surface area contributed by atoms with Gasteiger partial charge in [0.25, 0.3) is 0 Å². The molecule has 0 aromatic carbocycles. The molecule has 1 aromatic heterocycles. The lowest BCUT2D eigenvalue weighted by atomic mass is 10.5. The lowest BCUT2D eigenvalue weighted by molar-refractivity contribution is 0.0170. The maximum absolute atomic E-state index is 5.42. The quantitative estimate of drug-likeness (QED) is 0.642. The van der Waals surface area contributed by atoms with Gasteiger partial charge in [-0.1, -0.05) is 5.21 Å². The summed E-state index contributed by atoms with van der Waals surface area (Å²) in [6, 6.07) is 0. The summed E-state index contributed by atoms with van der Waals surface area (Å²) < 4.78 is 12.5. The Balaban J connectivity index is 2.02. The van der Waals surface area contributed by atoms with Crippen molar-refractivity contribution < 1.29 is 9.47 Å². The minimum absolute atomic E-state index is 0.256. The molecule has 1 heterocycles. The Hall–Kier alpha value is -0.980. The predicted molar refractivity (Wildman–Crippen MR) is 59.8 cm³/mol. The molecular weight excluding hydrogens is 208 g/mol. The summed E-state index contributed by atoms with van der Waals surface area (Å²) in [7, 11) is 0. The summed E-state index contributed by atoms with van der Waals surface area (Å²) in [5.74, 6) is 0. The van der Waals surface area contributed by atoms with Gasteiger partial charge in [0.15, 0.2) is 0 Å². The molecule has 0 saturated carbocycles. The number of hydrogen-bond acceptors (Lipinski definition) is 5. The molecule has 0 spiro atoms. The molecule has 16 heavy (non-hydrogen) atoms. The Morgan fingerprint density at radius 3 is 2.81 bits per heavy atom. The molecular formula is C10H20N4O2. The summed E-state index contributed by atoms with van der Waals surface area (Å²) in [6.07, 6.45) is 2.08. The molecule has 0 aliphatic carbocycles. The first-order valence-corrected chi connectivity index (χ1v) is 5.50. The molecule has 6 nitrogen and oxygen atoms in total. The van der Waals surface area contributed by atoms with Gasteiger partial charge in [0.1, 0.15) is 0 Å². The Bertz CT molecular complexity index is 288. The summed E-state index contributed by atoms with van der Waals surface area (Å²) in [5.41, 5.74) is 6.22. The molecule has 0 unspecified atom stereocenters. The first-order chi connectivity index (χ1) is 7.72. The van der Waals surface area contributed by atoms with Crippen molar-refractivity contribution in [2.75, 3.05) is 19.8 Å². The summed E-state index contributed by atoms with van der Waals surface area (Å²) in [5, 5.41) is 7.79. The number of aromatic nitrogens is 3. The van der Waals surface area contributed by atoms with E-state index in [1.54, 1.807) is 4.68 Å². The third-order valence-corrected chi connectivity index (χ3v) is 1.94. The van der Waals surface area contributed by atoms with Crippen LogP contribution >= 0.6 is 0 Å². The van der Waals surface area contributed by atoms with E-state index in [-0.39, 0.29) is 6.10 Å². The van der Waals surface area contributed by atoms with E-state index in [0.717, 1.165) is 5.69 Å². The van der Waals surface area contributed by atoms with E-state index in [0.29, 0.717) is 32.9 Å². The molecule has 0 atom stereocenters. The third kappa shape index (κ3) is 5.20. The van der Waals surface area contributed by atoms with E-state index in [4.69, 9.17) is 15.2 Å². The van der Waals surface area contributed by atoms with Crippen LogP contribution in [0.5, 0.6) is 0 Å². The zero-order valence-electron chi connectivity index (χ0n) is 9.93. The van der Waals surface area contributed by atoms with Gasteiger partial charge in [-0.25, -0.2) is 4.68 Å². The second kappa shape index (κ2) is 7.32. The van der Waals surface area contributed by atoms with Crippen LogP contribution in [0.25, 0.3) is 0 Å². The SMILES string of the molecule is CC(C)OCCOCCn1cc(CN)nn1.